The zero-order chi connectivity index (χ0) is 11.4. The number of aromatic nitrogens is 3. The number of hydrogen-bond acceptors (Lipinski definition) is 4. The number of nitrogens with two attached hydrogens (primary N) is 1. The van der Waals surface area contributed by atoms with Gasteiger partial charge in [0.05, 0.1) is 12.2 Å². The van der Waals surface area contributed by atoms with Crippen LogP contribution in [0.5, 0.6) is 5.75 Å². The highest BCUT2D eigenvalue weighted by Crippen LogP contribution is 2.19. The summed E-state index contributed by atoms with van der Waals surface area (Å²) in [6.07, 6.45) is 1.43. The third kappa shape index (κ3) is 2.22. The molecule has 84 valence electrons. The van der Waals surface area contributed by atoms with Gasteiger partial charge in [-0.05, 0) is 12.1 Å². The van der Waals surface area contributed by atoms with Crippen LogP contribution in [0.25, 0.3) is 0 Å². The molecule has 2 rings (SSSR count). The van der Waals surface area contributed by atoms with Gasteiger partial charge in [-0.1, -0.05) is 12.1 Å². The van der Waals surface area contributed by atoms with Crippen LogP contribution in [0.2, 0.25) is 0 Å². The maximum atomic E-state index is 11.1. The van der Waals surface area contributed by atoms with Gasteiger partial charge in [0.15, 0.2) is 0 Å². The number of H-pyrrole nitrogens is 1. The molecule has 1 aromatic heterocycles. The van der Waals surface area contributed by atoms with Crippen molar-refractivity contribution in [2.75, 3.05) is 12.3 Å². The zero-order valence-electron chi connectivity index (χ0n) is 8.59. The summed E-state index contributed by atoms with van der Waals surface area (Å²) in [5.74, 6) is 0.624. The predicted octanol–water partition coefficient (Wildman–Crippen LogP) is 0.233. The van der Waals surface area contributed by atoms with Crippen molar-refractivity contribution in [1.29, 1.82) is 0 Å². The molecule has 0 aliphatic rings. The van der Waals surface area contributed by atoms with Crippen molar-refractivity contribution in [2.24, 2.45) is 0 Å². The molecule has 0 aliphatic carbocycles. The molecule has 0 amide bonds. The molecular formula is C10H12N4O2. The second-order valence-electron chi connectivity index (χ2n) is 3.24. The summed E-state index contributed by atoms with van der Waals surface area (Å²) in [6.45, 7) is 0.803. The molecule has 0 atom stereocenters. The van der Waals surface area contributed by atoms with E-state index in [-0.39, 0.29) is 5.69 Å². The van der Waals surface area contributed by atoms with E-state index in [0.29, 0.717) is 24.6 Å². The fourth-order valence-corrected chi connectivity index (χ4v) is 1.30. The molecule has 0 unspecified atom stereocenters. The minimum Gasteiger partial charge on any atom is -0.490 e. The van der Waals surface area contributed by atoms with Gasteiger partial charge in [0.1, 0.15) is 18.7 Å². The maximum absolute atomic E-state index is 11.1. The highest BCUT2D eigenvalue weighted by Gasteiger charge is 2.00. The number of para-hydroxylation sites is 2. The van der Waals surface area contributed by atoms with E-state index in [1.165, 1.54) is 10.9 Å². The number of nitrogen functional groups attached to an aromatic ring is 1. The van der Waals surface area contributed by atoms with Crippen molar-refractivity contribution in [3.05, 3.63) is 41.1 Å². The minimum absolute atomic E-state index is 0.246. The van der Waals surface area contributed by atoms with E-state index in [1.54, 1.807) is 12.1 Å². The van der Waals surface area contributed by atoms with Gasteiger partial charge in [0.25, 0.3) is 0 Å². The van der Waals surface area contributed by atoms with Crippen LogP contribution in [0, 0.1) is 0 Å². The minimum atomic E-state index is -0.246. The lowest BCUT2D eigenvalue weighted by Gasteiger charge is -2.07. The van der Waals surface area contributed by atoms with E-state index in [2.05, 4.69) is 10.2 Å². The van der Waals surface area contributed by atoms with E-state index in [4.69, 9.17) is 10.5 Å². The summed E-state index contributed by atoms with van der Waals surface area (Å²) in [7, 11) is 0. The third-order valence-corrected chi connectivity index (χ3v) is 2.13. The smallest absolute Gasteiger partial charge is 0.343 e. The highest BCUT2D eigenvalue weighted by molar-refractivity contribution is 5.51. The van der Waals surface area contributed by atoms with Crippen molar-refractivity contribution in [2.45, 2.75) is 6.54 Å². The Labute approximate surface area is 91.7 Å². The topological polar surface area (TPSA) is 85.9 Å². The first kappa shape index (κ1) is 10.3. The van der Waals surface area contributed by atoms with Crippen molar-refractivity contribution in [3.8, 4) is 5.75 Å². The standard InChI is InChI=1S/C10H12N4O2/c11-8-3-1-2-4-9(8)16-6-5-14-7-12-13-10(14)15/h1-4,7H,5-6,11H2,(H,13,15). The first-order valence-corrected chi connectivity index (χ1v) is 4.84. The van der Waals surface area contributed by atoms with Gasteiger partial charge >= 0.3 is 5.69 Å². The molecule has 0 radical (unpaired) electrons. The van der Waals surface area contributed by atoms with Crippen molar-refractivity contribution in [1.82, 2.24) is 14.8 Å². The molecule has 16 heavy (non-hydrogen) atoms. The summed E-state index contributed by atoms with van der Waals surface area (Å²) >= 11 is 0. The Morgan fingerprint density at radius 2 is 2.25 bits per heavy atom. The molecule has 0 saturated heterocycles. The van der Waals surface area contributed by atoms with Gasteiger partial charge in [0, 0.05) is 0 Å². The van der Waals surface area contributed by atoms with Gasteiger partial charge in [-0.2, -0.15) is 5.10 Å². The Morgan fingerprint density at radius 3 is 2.94 bits per heavy atom. The van der Waals surface area contributed by atoms with Gasteiger partial charge < -0.3 is 10.5 Å². The van der Waals surface area contributed by atoms with E-state index in [1.807, 2.05) is 12.1 Å². The molecule has 0 bridgehead atoms. The van der Waals surface area contributed by atoms with Crippen LogP contribution in [0.15, 0.2) is 35.4 Å². The molecular weight excluding hydrogens is 208 g/mol. The summed E-state index contributed by atoms with van der Waals surface area (Å²) in [5, 5.41) is 5.92. The van der Waals surface area contributed by atoms with Gasteiger partial charge in [-0.15, -0.1) is 0 Å². The molecule has 1 heterocycles. The Kier molecular flexibility index (Phi) is 2.90. The van der Waals surface area contributed by atoms with Crippen LogP contribution >= 0.6 is 0 Å². The van der Waals surface area contributed by atoms with E-state index < -0.39 is 0 Å². The fraction of sp³-hybridized carbons (Fsp3) is 0.200. The second kappa shape index (κ2) is 4.52. The van der Waals surface area contributed by atoms with Crippen molar-refractivity contribution >= 4 is 5.69 Å². The largest absolute Gasteiger partial charge is 0.490 e. The predicted molar refractivity (Wildman–Crippen MR) is 59.2 cm³/mol. The molecule has 3 N–H and O–H groups in total. The third-order valence-electron chi connectivity index (χ3n) is 2.13. The number of nitrogens with one attached hydrogen (secondary N) is 1. The highest BCUT2D eigenvalue weighted by atomic mass is 16.5. The Hall–Kier alpha value is -2.24. The van der Waals surface area contributed by atoms with Crippen LogP contribution in [-0.2, 0) is 6.54 Å². The van der Waals surface area contributed by atoms with Crippen LogP contribution < -0.4 is 16.2 Å². The van der Waals surface area contributed by atoms with Gasteiger partial charge in [-0.25, -0.2) is 9.89 Å². The van der Waals surface area contributed by atoms with E-state index in [9.17, 15) is 4.79 Å². The number of benzene rings is 1. The molecule has 1 aromatic carbocycles. The summed E-state index contributed by atoms with van der Waals surface area (Å²) in [5.41, 5.74) is 6.04. The number of rotatable bonds is 4. The summed E-state index contributed by atoms with van der Waals surface area (Å²) in [4.78, 5) is 11.1. The number of nitrogens with zero attached hydrogens (tertiary/aromatic N) is 2. The SMILES string of the molecule is Nc1ccccc1OCCn1cn[nH]c1=O. The normalized spacial score (nSPS) is 10.2. The van der Waals surface area contributed by atoms with Crippen molar-refractivity contribution < 1.29 is 4.74 Å². The average Bonchev–Trinajstić information content (AvgIpc) is 2.67. The van der Waals surface area contributed by atoms with Crippen LogP contribution in [0.1, 0.15) is 0 Å². The summed E-state index contributed by atoms with van der Waals surface area (Å²) in [6, 6.07) is 7.23. The first-order valence-electron chi connectivity index (χ1n) is 4.84. The molecule has 6 heteroatoms. The number of aromatic amines is 1. The fourth-order valence-electron chi connectivity index (χ4n) is 1.30. The molecule has 0 spiro atoms. The average molecular weight is 220 g/mol. The molecule has 0 aliphatic heterocycles. The zero-order valence-corrected chi connectivity index (χ0v) is 8.59. The second-order valence-corrected chi connectivity index (χ2v) is 3.24. The van der Waals surface area contributed by atoms with Crippen LogP contribution in [-0.4, -0.2) is 21.4 Å². The van der Waals surface area contributed by atoms with Gasteiger partial charge in [-0.3, -0.25) is 4.57 Å². The molecule has 2 aromatic rings. The van der Waals surface area contributed by atoms with Crippen LogP contribution in [0.4, 0.5) is 5.69 Å². The lowest BCUT2D eigenvalue weighted by atomic mass is 10.3. The first-order chi connectivity index (χ1) is 7.77. The number of ether oxygens (including phenoxy) is 1. The Morgan fingerprint density at radius 1 is 1.44 bits per heavy atom. The van der Waals surface area contributed by atoms with Gasteiger partial charge in [0.2, 0.25) is 0 Å². The summed E-state index contributed by atoms with van der Waals surface area (Å²) < 4.78 is 6.87. The Bertz CT molecular complexity index is 517. The molecule has 0 saturated carbocycles. The van der Waals surface area contributed by atoms with E-state index >= 15 is 0 Å². The van der Waals surface area contributed by atoms with Crippen molar-refractivity contribution in [3.63, 3.8) is 0 Å². The lowest BCUT2D eigenvalue weighted by Crippen LogP contribution is -2.20. The monoisotopic (exact) mass is 220 g/mol. The lowest BCUT2D eigenvalue weighted by molar-refractivity contribution is 0.298. The number of anilines is 1. The van der Waals surface area contributed by atoms with E-state index in [0.717, 1.165) is 0 Å². The quantitative estimate of drug-likeness (QED) is 0.722. The Balaban J connectivity index is 1.92. The molecule has 0 fully saturated rings. The maximum Gasteiger partial charge on any atom is 0.343 e. The number of hydrogen-bond donors (Lipinski definition) is 2. The molecule has 6 nitrogen and oxygen atoms in total. The van der Waals surface area contributed by atoms with Crippen LogP contribution in [0.3, 0.4) is 0 Å².